The van der Waals surface area contributed by atoms with Crippen LogP contribution in [0.2, 0.25) is 0 Å². The highest BCUT2D eigenvalue weighted by Crippen LogP contribution is 2.38. The number of aryl methyl sites for hydroxylation is 1. The molecule has 1 fully saturated rings. The zero-order chi connectivity index (χ0) is 25.4. The first-order valence-electron chi connectivity index (χ1n) is 12.1. The number of aromatic nitrogens is 3. The molecule has 5 rings (SSSR count). The van der Waals surface area contributed by atoms with Crippen LogP contribution < -0.4 is 4.90 Å². The monoisotopic (exact) mass is 484 g/mol. The molecule has 2 aromatic carbocycles. The largest absolute Gasteiger partial charge is 0.392 e. The van der Waals surface area contributed by atoms with Crippen LogP contribution >= 0.6 is 0 Å². The molecule has 1 aliphatic rings. The lowest BCUT2D eigenvalue weighted by Crippen LogP contribution is -2.43. The Morgan fingerprint density at radius 2 is 1.86 bits per heavy atom. The van der Waals surface area contributed by atoms with Gasteiger partial charge in [-0.15, -0.1) is 0 Å². The minimum absolute atomic E-state index is 0.286. The first-order chi connectivity index (χ1) is 17.4. The molecule has 0 saturated carbocycles. The maximum absolute atomic E-state index is 15.0. The average Bonchev–Trinajstić information content (AvgIpc) is 3.37. The Bertz CT molecular complexity index is 1420. The van der Waals surface area contributed by atoms with Crippen molar-refractivity contribution >= 4 is 17.3 Å². The summed E-state index contributed by atoms with van der Waals surface area (Å²) in [5, 5.41) is 9.61. The van der Waals surface area contributed by atoms with Crippen LogP contribution in [0.25, 0.3) is 32.9 Å². The van der Waals surface area contributed by atoms with Gasteiger partial charge in [0.05, 0.1) is 24.4 Å². The number of anilines is 1. The number of nitrogens with zero attached hydrogens (tertiary/aromatic N) is 6. The third-order valence-electron chi connectivity index (χ3n) is 7.14. The van der Waals surface area contributed by atoms with Crippen LogP contribution in [0.1, 0.15) is 24.0 Å². The topological polar surface area (TPSA) is 61.3 Å². The summed E-state index contributed by atoms with van der Waals surface area (Å²) in [5.41, 5.74) is 5.07. The smallest absolute Gasteiger partial charge is 0.211 e. The third-order valence-corrected chi connectivity index (χ3v) is 7.14. The molecule has 0 spiro atoms. The van der Waals surface area contributed by atoms with E-state index in [1.165, 1.54) is 6.07 Å². The van der Waals surface area contributed by atoms with Gasteiger partial charge in [0.2, 0.25) is 5.95 Å². The number of fused-ring (bicyclic) bond motifs is 1. The quantitative estimate of drug-likeness (QED) is 0.400. The van der Waals surface area contributed by atoms with Gasteiger partial charge in [0.1, 0.15) is 11.5 Å². The van der Waals surface area contributed by atoms with E-state index in [1.54, 1.807) is 25.3 Å². The van der Waals surface area contributed by atoms with Crippen molar-refractivity contribution < 1.29 is 9.50 Å². The number of imidazole rings is 1. The first kappa shape index (κ1) is 23.9. The second kappa shape index (κ2) is 9.69. The summed E-state index contributed by atoms with van der Waals surface area (Å²) in [7, 11) is 4.24. The molecule has 184 valence electrons. The normalized spacial score (nSPS) is 14.5. The average molecular weight is 485 g/mol. The molecule has 1 saturated heterocycles. The van der Waals surface area contributed by atoms with Gasteiger partial charge in [-0.3, -0.25) is 4.40 Å². The van der Waals surface area contributed by atoms with Crippen LogP contribution in [0.4, 0.5) is 16.0 Å². The van der Waals surface area contributed by atoms with E-state index in [-0.39, 0.29) is 12.2 Å². The highest BCUT2D eigenvalue weighted by molar-refractivity contribution is 5.91. The molecule has 36 heavy (non-hydrogen) atoms. The van der Waals surface area contributed by atoms with E-state index in [0.29, 0.717) is 39.8 Å². The summed E-state index contributed by atoms with van der Waals surface area (Å²) in [4.78, 5) is 17.9. The van der Waals surface area contributed by atoms with Gasteiger partial charge in [-0.05, 0) is 56.6 Å². The Hall–Kier alpha value is -3.80. The van der Waals surface area contributed by atoms with Gasteiger partial charge in [-0.25, -0.2) is 19.2 Å². The fourth-order valence-corrected chi connectivity index (χ4v) is 5.06. The molecule has 0 bridgehead atoms. The van der Waals surface area contributed by atoms with Crippen molar-refractivity contribution in [3.63, 3.8) is 0 Å². The zero-order valence-electron chi connectivity index (χ0n) is 20.7. The Morgan fingerprint density at radius 3 is 2.47 bits per heavy atom. The Balaban J connectivity index is 1.72. The van der Waals surface area contributed by atoms with Crippen LogP contribution in [-0.4, -0.2) is 57.6 Å². The lowest BCUT2D eigenvalue weighted by molar-refractivity contribution is 0.249. The van der Waals surface area contributed by atoms with Crippen molar-refractivity contribution in [3.05, 3.63) is 77.2 Å². The Morgan fingerprint density at radius 1 is 1.14 bits per heavy atom. The molecule has 4 aromatic rings. The highest BCUT2D eigenvalue weighted by atomic mass is 19.1. The van der Waals surface area contributed by atoms with Crippen LogP contribution in [0.3, 0.4) is 0 Å². The van der Waals surface area contributed by atoms with E-state index in [4.69, 9.17) is 11.6 Å². The molecule has 0 radical (unpaired) electrons. The fraction of sp³-hybridized carbons (Fsp3) is 0.321. The van der Waals surface area contributed by atoms with Gasteiger partial charge in [0.25, 0.3) is 0 Å². The van der Waals surface area contributed by atoms with Crippen molar-refractivity contribution in [3.8, 4) is 22.4 Å². The molecular formula is C28H29FN6O. The predicted molar refractivity (Wildman–Crippen MR) is 140 cm³/mol. The van der Waals surface area contributed by atoms with Crippen LogP contribution in [0.5, 0.6) is 0 Å². The molecule has 7 nitrogen and oxygen atoms in total. The number of hydrogen-bond acceptors (Lipinski definition) is 5. The number of benzene rings is 2. The number of piperidine rings is 1. The predicted octanol–water partition coefficient (Wildman–Crippen LogP) is 5.08. The minimum Gasteiger partial charge on any atom is -0.392 e. The van der Waals surface area contributed by atoms with Gasteiger partial charge >= 0.3 is 0 Å². The second-order valence-electron chi connectivity index (χ2n) is 9.51. The molecular weight excluding hydrogens is 455 g/mol. The summed E-state index contributed by atoms with van der Waals surface area (Å²) >= 11 is 0. The summed E-state index contributed by atoms with van der Waals surface area (Å²) in [6, 6.07) is 11.2. The van der Waals surface area contributed by atoms with Crippen molar-refractivity contribution in [2.45, 2.75) is 32.4 Å². The summed E-state index contributed by atoms with van der Waals surface area (Å²) in [5.74, 6) is 0.346. The van der Waals surface area contributed by atoms with Gasteiger partial charge in [0.15, 0.2) is 5.69 Å². The van der Waals surface area contributed by atoms with Gasteiger partial charge in [-0.1, -0.05) is 30.3 Å². The Kier molecular flexibility index (Phi) is 6.44. The first-order valence-corrected chi connectivity index (χ1v) is 12.1. The third kappa shape index (κ3) is 4.21. The molecule has 1 aliphatic heterocycles. The molecule has 8 heteroatoms. The SMILES string of the molecule is [C-]#[N+]c1ccc(-c2nc(N3CCC(N(C)C)CC3)n3ccnc3c2-c2cc(C)c(CO)c(F)c2)cc1. The van der Waals surface area contributed by atoms with E-state index in [0.717, 1.165) is 37.4 Å². The van der Waals surface area contributed by atoms with E-state index in [2.05, 4.69) is 33.7 Å². The molecule has 0 atom stereocenters. The van der Waals surface area contributed by atoms with E-state index >= 15 is 0 Å². The molecule has 2 aromatic heterocycles. The van der Waals surface area contributed by atoms with Crippen molar-refractivity contribution in [1.29, 1.82) is 0 Å². The lowest BCUT2D eigenvalue weighted by Gasteiger charge is -2.36. The number of hydrogen-bond donors (Lipinski definition) is 1. The van der Waals surface area contributed by atoms with Crippen molar-refractivity contribution in [1.82, 2.24) is 19.3 Å². The Labute approximate surface area is 210 Å². The van der Waals surface area contributed by atoms with E-state index in [1.807, 2.05) is 28.8 Å². The highest BCUT2D eigenvalue weighted by Gasteiger charge is 2.26. The molecule has 1 N–H and O–H groups in total. The number of aliphatic hydroxyl groups is 1. The second-order valence-corrected chi connectivity index (χ2v) is 9.51. The van der Waals surface area contributed by atoms with Gasteiger partial charge < -0.3 is 14.9 Å². The summed E-state index contributed by atoms with van der Waals surface area (Å²) in [6.45, 7) is 10.5. The fourth-order valence-electron chi connectivity index (χ4n) is 5.06. The minimum atomic E-state index is -0.457. The standard InChI is InChI=1S/C28H29FN6O/c1-18-15-20(16-24(29)23(18)17-36)25-26(19-5-7-21(30-2)8-6-19)32-28(35-14-11-31-27(25)35)34-12-9-22(10-13-34)33(3)4/h5-8,11,14-16,22,36H,9-10,12-13,17H2,1,3-4H3. The van der Waals surface area contributed by atoms with Crippen LogP contribution in [0, 0.1) is 19.3 Å². The molecule has 0 unspecified atom stereocenters. The summed E-state index contributed by atoms with van der Waals surface area (Å²) < 4.78 is 17.0. The van der Waals surface area contributed by atoms with E-state index in [9.17, 15) is 9.50 Å². The van der Waals surface area contributed by atoms with Crippen molar-refractivity contribution in [2.24, 2.45) is 0 Å². The van der Waals surface area contributed by atoms with Gasteiger partial charge in [-0.2, -0.15) is 0 Å². The molecule has 0 amide bonds. The number of halogens is 1. The molecule has 3 heterocycles. The number of aliphatic hydroxyl groups excluding tert-OH is 1. The number of rotatable bonds is 5. The van der Waals surface area contributed by atoms with Crippen LogP contribution in [-0.2, 0) is 6.61 Å². The zero-order valence-corrected chi connectivity index (χ0v) is 20.7. The lowest BCUT2D eigenvalue weighted by atomic mass is 9.96. The van der Waals surface area contributed by atoms with Crippen LogP contribution in [0.15, 0.2) is 48.8 Å². The maximum atomic E-state index is 15.0. The summed E-state index contributed by atoms with van der Waals surface area (Å²) in [6.07, 6.45) is 5.72. The van der Waals surface area contributed by atoms with E-state index < -0.39 is 5.82 Å². The van der Waals surface area contributed by atoms with Gasteiger partial charge in [0, 0.05) is 37.1 Å². The molecule has 0 aliphatic carbocycles. The van der Waals surface area contributed by atoms with Crippen molar-refractivity contribution in [2.75, 3.05) is 32.1 Å². The maximum Gasteiger partial charge on any atom is 0.211 e.